The fourth-order valence-corrected chi connectivity index (χ4v) is 8.36. The van der Waals surface area contributed by atoms with Gasteiger partial charge in [0, 0.05) is 18.7 Å². The first-order valence-corrected chi connectivity index (χ1v) is 18.0. The van der Waals surface area contributed by atoms with Crippen molar-refractivity contribution in [2.24, 2.45) is 17.8 Å². The molecular weight excluding hydrogens is 646 g/mol. The third-order valence-corrected chi connectivity index (χ3v) is 11.2. The summed E-state index contributed by atoms with van der Waals surface area (Å²) in [7, 11) is 0. The highest BCUT2D eigenvalue weighted by Crippen LogP contribution is 2.57. The smallest absolute Gasteiger partial charge is 0.313 e. The molecule has 51 heavy (non-hydrogen) atoms. The van der Waals surface area contributed by atoms with Gasteiger partial charge in [-0.05, 0) is 47.7 Å². The van der Waals surface area contributed by atoms with Gasteiger partial charge in [0.05, 0.1) is 30.7 Å². The van der Waals surface area contributed by atoms with Gasteiger partial charge >= 0.3 is 5.97 Å². The second-order valence-corrected chi connectivity index (χ2v) is 14.2. The first-order chi connectivity index (χ1) is 24.7. The van der Waals surface area contributed by atoms with Crippen LogP contribution in [0.25, 0.3) is 10.8 Å². The summed E-state index contributed by atoms with van der Waals surface area (Å²) in [4.78, 5) is 60.8. The Labute approximate surface area is 298 Å². The monoisotopic (exact) mass is 691 g/mol. The predicted octanol–water partition coefficient (Wildman–Crippen LogP) is 4.87. The highest BCUT2D eigenvalue weighted by molar-refractivity contribution is 6.06. The standard InChI is InChI=1S/C41H45N3O7/c1-4-25(2)31(24-45)44-37-39(48)43(30-19-18-27-13-10-11-16-29(27)23-30)22-12-6-9-17-33(46)42-26(3)36(28-14-7-5-8-15-28)50-40(49)34-32-20-21-41(37,51-32)35(34)38(44)47/h5-8,10-16,18-21,23,25-26,31-32,34-37,45H,4,9,17,22,24H2,1-3H3,(H,42,46)/b12-6-/t25-,26+,31-,32-,34+,35+,36-,37-,41+/m0/s1. The van der Waals surface area contributed by atoms with Crippen LogP contribution in [0.3, 0.4) is 0 Å². The third kappa shape index (κ3) is 6.04. The minimum atomic E-state index is -1.46. The fourth-order valence-electron chi connectivity index (χ4n) is 8.36. The second kappa shape index (κ2) is 14.1. The highest BCUT2D eigenvalue weighted by Gasteiger charge is 2.74. The van der Waals surface area contributed by atoms with Gasteiger partial charge in [0.2, 0.25) is 11.8 Å². The van der Waals surface area contributed by atoms with Crippen LogP contribution in [0.15, 0.2) is 97.1 Å². The first-order valence-electron chi connectivity index (χ1n) is 18.0. The van der Waals surface area contributed by atoms with Crippen LogP contribution in [0.2, 0.25) is 0 Å². The van der Waals surface area contributed by atoms with Crippen molar-refractivity contribution in [3.05, 3.63) is 103 Å². The van der Waals surface area contributed by atoms with Crippen molar-refractivity contribution >= 4 is 40.2 Å². The topological polar surface area (TPSA) is 125 Å². The molecule has 2 saturated heterocycles. The quantitative estimate of drug-likeness (QED) is 0.279. The molecule has 266 valence electrons. The Kier molecular flexibility index (Phi) is 9.56. The van der Waals surface area contributed by atoms with Crippen molar-refractivity contribution < 1.29 is 33.8 Å². The molecule has 3 aromatic carbocycles. The Morgan fingerprint density at radius 1 is 0.961 bits per heavy atom. The molecule has 4 aliphatic heterocycles. The number of cyclic esters (lactones) is 1. The second-order valence-electron chi connectivity index (χ2n) is 14.2. The van der Waals surface area contributed by atoms with Crippen molar-refractivity contribution in [1.82, 2.24) is 10.2 Å². The van der Waals surface area contributed by atoms with Gasteiger partial charge in [-0.1, -0.05) is 105 Å². The number of allylic oxidation sites excluding steroid dienone is 1. The highest BCUT2D eigenvalue weighted by atomic mass is 16.6. The number of benzene rings is 3. The number of rotatable bonds is 6. The summed E-state index contributed by atoms with van der Waals surface area (Å²) in [6.45, 7) is 5.52. The number of aliphatic hydroxyl groups excluding tert-OH is 1. The van der Waals surface area contributed by atoms with Crippen molar-refractivity contribution in [3.8, 4) is 0 Å². The number of anilines is 1. The number of fused-ring (bicyclic) bond motifs is 3. The lowest BCUT2D eigenvalue weighted by atomic mass is 9.74. The molecular formula is C41H45N3O7. The summed E-state index contributed by atoms with van der Waals surface area (Å²) in [5.74, 6) is -3.91. The van der Waals surface area contributed by atoms with Gasteiger partial charge in [-0.15, -0.1) is 0 Å². The zero-order valence-corrected chi connectivity index (χ0v) is 29.2. The summed E-state index contributed by atoms with van der Waals surface area (Å²) in [6, 6.07) is 20.4. The Morgan fingerprint density at radius 3 is 2.45 bits per heavy atom. The van der Waals surface area contributed by atoms with Crippen LogP contribution in [0.1, 0.15) is 51.7 Å². The van der Waals surface area contributed by atoms with E-state index in [1.165, 1.54) is 4.90 Å². The number of aliphatic hydroxyl groups is 1. The van der Waals surface area contributed by atoms with E-state index in [0.29, 0.717) is 24.1 Å². The lowest BCUT2D eigenvalue weighted by molar-refractivity contribution is -0.161. The van der Waals surface area contributed by atoms with Gasteiger partial charge in [-0.3, -0.25) is 19.2 Å². The summed E-state index contributed by atoms with van der Waals surface area (Å²) < 4.78 is 12.9. The minimum Gasteiger partial charge on any atom is -0.455 e. The number of likely N-dealkylation sites (tertiary alicyclic amines) is 1. The number of hydrogen-bond donors (Lipinski definition) is 2. The van der Waals surface area contributed by atoms with Gasteiger partial charge in [0.1, 0.15) is 23.7 Å². The van der Waals surface area contributed by atoms with E-state index in [1.807, 2.05) is 98.8 Å². The molecule has 4 aliphatic rings. The Balaban J connectivity index is 1.36. The molecule has 3 aromatic rings. The van der Waals surface area contributed by atoms with E-state index in [2.05, 4.69) is 5.32 Å². The molecule has 0 radical (unpaired) electrons. The SMILES string of the molecule is CC[C@H](C)[C@H](CO)N1C(=O)[C@H]2[C@@H]3C(=O)O[C@H](c4ccccc4)[C@@H](C)NC(=O)CC/C=C\CN(c4ccc5ccccc5c4)C(=O)[C@H]1[C@@]21C=C[C@@H]3O1. The molecule has 5 bridgehead atoms. The Hall–Kier alpha value is -4.80. The van der Waals surface area contributed by atoms with Crippen molar-refractivity contribution in [2.75, 3.05) is 18.1 Å². The normalized spacial score (nSPS) is 31.4. The summed E-state index contributed by atoms with van der Waals surface area (Å²) in [5.41, 5.74) is -0.137. The van der Waals surface area contributed by atoms with Gasteiger partial charge in [-0.25, -0.2) is 0 Å². The Bertz CT molecular complexity index is 1880. The van der Waals surface area contributed by atoms with Crippen LogP contribution >= 0.6 is 0 Å². The molecule has 2 N–H and O–H groups in total. The maximum atomic E-state index is 15.3. The van der Waals surface area contributed by atoms with Crippen LogP contribution in [-0.4, -0.2) is 76.7 Å². The summed E-state index contributed by atoms with van der Waals surface area (Å²) >= 11 is 0. The fraction of sp³-hybridized carbons (Fsp3) is 0.415. The van der Waals surface area contributed by atoms with Crippen LogP contribution in [0.4, 0.5) is 5.69 Å². The van der Waals surface area contributed by atoms with E-state index in [9.17, 15) is 19.5 Å². The van der Waals surface area contributed by atoms with Crippen LogP contribution in [0, 0.1) is 17.8 Å². The molecule has 3 amide bonds. The molecule has 7 rings (SSSR count). The number of nitrogens with zero attached hydrogens (tertiary/aromatic N) is 2. The van der Waals surface area contributed by atoms with Crippen molar-refractivity contribution in [1.29, 1.82) is 0 Å². The Morgan fingerprint density at radius 2 is 1.71 bits per heavy atom. The number of ether oxygens (including phenoxy) is 2. The number of carbonyl (C=O) groups excluding carboxylic acids is 4. The third-order valence-electron chi connectivity index (χ3n) is 11.2. The van der Waals surface area contributed by atoms with E-state index in [-0.39, 0.29) is 37.3 Å². The average molecular weight is 692 g/mol. The molecule has 0 saturated carbocycles. The zero-order chi connectivity index (χ0) is 35.9. The lowest BCUT2D eigenvalue weighted by Crippen LogP contribution is -2.59. The van der Waals surface area contributed by atoms with Crippen LogP contribution in [-0.2, 0) is 28.7 Å². The number of amides is 3. The molecule has 2 fully saturated rings. The minimum absolute atomic E-state index is 0.158. The molecule has 10 heteroatoms. The van der Waals surface area contributed by atoms with E-state index >= 15 is 4.79 Å². The van der Waals surface area contributed by atoms with Crippen LogP contribution < -0.4 is 10.2 Å². The average Bonchev–Trinajstić information content (AvgIpc) is 3.79. The molecule has 0 unspecified atom stereocenters. The van der Waals surface area contributed by atoms with E-state index < -0.39 is 59.6 Å². The first kappa shape index (κ1) is 34.6. The summed E-state index contributed by atoms with van der Waals surface area (Å²) in [6.07, 6.45) is 6.90. The largest absolute Gasteiger partial charge is 0.455 e. The molecule has 10 nitrogen and oxygen atoms in total. The lowest BCUT2D eigenvalue weighted by Gasteiger charge is -2.40. The number of nitrogens with one attached hydrogen (secondary N) is 1. The van der Waals surface area contributed by atoms with Crippen molar-refractivity contribution in [2.45, 2.75) is 76.0 Å². The molecule has 4 heterocycles. The van der Waals surface area contributed by atoms with E-state index in [1.54, 1.807) is 24.0 Å². The predicted molar refractivity (Wildman–Crippen MR) is 192 cm³/mol. The molecule has 9 atom stereocenters. The number of carbonyl (C=O) groups is 4. The summed E-state index contributed by atoms with van der Waals surface area (Å²) in [5, 5.41) is 15.8. The maximum Gasteiger partial charge on any atom is 0.313 e. The molecule has 0 aliphatic carbocycles. The van der Waals surface area contributed by atoms with Gasteiger partial charge < -0.3 is 29.7 Å². The van der Waals surface area contributed by atoms with Gasteiger partial charge in [0.25, 0.3) is 5.91 Å². The maximum absolute atomic E-state index is 15.3. The number of esters is 1. The van der Waals surface area contributed by atoms with Gasteiger partial charge in [0.15, 0.2) is 0 Å². The van der Waals surface area contributed by atoms with E-state index in [0.717, 1.165) is 10.8 Å². The van der Waals surface area contributed by atoms with Gasteiger partial charge in [-0.2, -0.15) is 0 Å². The number of hydrogen-bond acceptors (Lipinski definition) is 7. The molecule has 1 spiro atoms. The van der Waals surface area contributed by atoms with E-state index in [4.69, 9.17) is 9.47 Å². The van der Waals surface area contributed by atoms with Crippen molar-refractivity contribution in [3.63, 3.8) is 0 Å². The van der Waals surface area contributed by atoms with Crippen LogP contribution in [0.5, 0.6) is 0 Å². The zero-order valence-electron chi connectivity index (χ0n) is 29.2. The molecule has 0 aromatic heterocycles.